The van der Waals surface area contributed by atoms with E-state index in [2.05, 4.69) is 21.3 Å². The molecule has 0 saturated carbocycles. The number of benzene rings is 1. The minimum atomic E-state index is 0.0597. The second-order valence-corrected chi connectivity index (χ2v) is 6.56. The van der Waals surface area contributed by atoms with Crippen molar-refractivity contribution in [2.45, 2.75) is 32.2 Å². The number of aromatic nitrogens is 1. The zero-order valence-corrected chi connectivity index (χ0v) is 14.4. The summed E-state index contributed by atoms with van der Waals surface area (Å²) in [5.41, 5.74) is 2.21. The van der Waals surface area contributed by atoms with Crippen molar-refractivity contribution in [3.05, 3.63) is 58.7 Å². The molecule has 1 aromatic carbocycles. The standard InChI is InChI=1S/C19H22ClN3O/c20-17-6-3-16(4-7-17)14-22-19(24)8-5-15-9-10-21-18(13-15)23-11-1-2-12-23/h3-4,6-7,9-10,13H,1-2,5,8,11-12,14H2,(H,22,24). The first-order chi connectivity index (χ1) is 11.7. The Kier molecular flexibility index (Phi) is 5.70. The Morgan fingerprint density at radius 2 is 1.88 bits per heavy atom. The molecule has 0 unspecified atom stereocenters. The summed E-state index contributed by atoms with van der Waals surface area (Å²) in [7, 11) is 0. The number of rotatable bonds is 6. The number of amides is 1. The maximum absolute atomic E-state index is 12.0. The van der Waals surface area contributed by atoms with Gasteiger partial charge >= 0.3 is 0 Å². The Bertz CT molecular complexity index is 681. The SMILES string of the molecule is O=C(CCc1ccnc(N2CCCC2)c1)NCc1ccc(Cl)cc1. The zero-order valence-electron chi connectivity index (χ0n) is 13.7. The molecule has 1 amide bonds. The van der Waals surface area contributed by atoms with Gasteiger partial charge in [-0.25, -0.2) is 4.98 Å². The molecule has 1 aromatic heterocycles. The minimum absolute atomic E-state index is 0.0597. The smallest absolute Gasteiger partial charge is 0.220 e. The summed E-state index contributed by atoms with van der Waals surface area (Å²) in [6, 6.07) is 11.6. The summed E-state index contributed by atoms with van der Waals surface area (Å²) in [6.07, 6.45) is 5.53. The van der Waals surface area contributed by atoms with E-state index in [9.17, 15) is 4.79 Å². The topological polar surface area (TPSA) is 45.2 Å². The summed E-state index contributed by atoms with van der Waals surface area (Å²) in [5, 5.41) is 3.66. The van der Waals surface area contributed by atoms with Gasteiger partial charge in [-0.05, 0) is 54.7 Å². The third kappa shape index (κ3) is 4.71. The highest BCUT2D eigenvalue weighted by atomic mass is 35.5. The Morgan fingerprint density at radius 3 is 2.62 bits per heavy atom. The van der Waals surface area contributed by atoms with E-state index in [-0.39, 0.29) is 5.91 Å². The van der Waals surface area contributed by atoms with Crippen LogP contribution in [-0.4, -0.2) is 24.0 Å². The monoisotopic (exact) mass is 343 g/mol. The van der Waals surface area contributed by atoms with E-state index in [4.69, 9.17) is 11.6 Å². The number of carbonyl (C=O) groups excluding carboxylic acids is 1. The number of carbonyl (C=O) groups is 1. The molecule has 0 spiro atoms. The van der Waals surface area contributed by atoms with Crippen LogP contribution < -0.4 is 10.2 Å². The Hall–Kier alpha value is -2.07. The lowest BCUT2D eigenvalue weighted by atomic mass is 10.1. The number of nitrogens with one attached hydrogen (secondary N) is 1. The number of halogens is 1. The van der Waals surface area contributed by atoms with Crippen LogP contribution in [0, 0.1) is 0 Å². The van der Waals surface area contributed by atoms with Gasteiger partial charge in [-0.2, -0.15) is 0 Å². The van der Waals surface area contributed by atoms with Gasteiger partial charge in [-0.3, -0.25) is 4.79 Å². The van der Waals surface area contributed by atoms with Crippen LogP contribution in [0.2, 0.25) is 5.02 Å². The summed E-state index contributed by atoms with van der Waals surface area (Å²) < 4.78 is 0. The van der Waals surface area contributed by atoms with Crippen molar-refractivity contribution in [2.75, 3.05) is 18.0 Å². The number of aryl methyl sites for hydroxylation is 1. The quantitative estimate of drug-likeness (QED) is 0.871. The van der Waals surface area contributed by atoms with E-state index in [0.717, 1.165) is 36.5 Å². The number of anilines is 1. The van der Waals surface area contributed by atoms with Gasteiger partial charge in [0, 0.05) is 37.3 Å². The normalized spacial score (nSPS) is 14.0. The fraction of sp³-hybridized carbons (Fsp3) is 0.368. The fourth-order valence-electron chi connectivity index (χ4n) is 2.88. The minimum Gasteiger partial charge on any atom is -0.357 e. The molecule has 0 radical (unpaired) electrons. The van der Waals surface area contributed by atoms with Crippen molar-refractivity contribution >= 4 is 23.3 Å². The van der Waals surface area contributed by atoms with Gasteiger partial charge < -0.3 is 10.2 Å². The van der Waals surface area contributed by atoms with Gasteiger partial charge in [0.1, 0.15) is 5.82 Å². The molecule has 0 bridgehead atoms. The highest BCUT2D eigenvalue weighted by molar-refractivity contribution is 6.30. The first kappa shape index (κ1) is 16.8. The van der Waals surface area contributed by atoms with Gasteiger partial charge in [0.2, 0.25) is 5.91 Å². The lowest BCUT2D eigenvalue weighted by Crippen LogP contribution is -2.23. The van der Waals surface area contributed by atoms with Gasteiger partial charge in [-0.1, -0.05) is 23.7 Å². The molecule has 126 valence electrons. The second kappa shape index (κ2) is 8.15. The van der Waals surface area contributed by atoms with Crippen molar-refractivity contribution < 1.29 is 4.79 Å². The molecule has 0 aliphatic carbocycles. The molecule has 4 nitrogen and oxygen atoms in total. The molecule has 1 saturated heterocycles. The van der Waals surface area contributed by atoms with Crippen molar-refractivity contribution in [3.8, 4) is 0 Å². The Balaban J connectivity index is 1.47. The summed E-state index contributed by atoms with van der Waals surface area (Å²) in [5.74, 6) is 1.09. The molecule has 1 N–H and O–H groups in total. The van der Waals surface area contributed by atoms with Crippen molar-refractivity contribution in [2.24, 2.45) is 0 Å². The third-order valence-corrected chi connectivity index (χ3v) is 4.54. The van der Waals surface area contributed by atoms with Gasteiger partial charge in [0.15, 0.2) is 0 Å². The first-order valence-electron chi connectivity index (χ1n) is 8.42. The maximum atomic E-state index is 12.0. The highest BCUT2D eigenvalue weighted by Gasteiger charge is 2.13. The molecule has 2 heterocycles. The molecule has 1 fully saturated rings. The summed E-state index contributed by atoms with van der Waals surface area (Å²) >= 11 is 5.86. The molecule has 1 aliphatic heterocycles. The predicted molar refractivity (Wildman–Crippen MR) is 97.3 cm³/mol. The largest absolute Gasteiger partial charge is 0.357 e. The van der Waals surface area contributed by atoms with Crippen LogP contribution in [0.5, 0.6) is 0 Å². The lowest BCUT2D eigenvalue weighted by molar-refractivity contribution is -0.121. The molecule has 2 aromatic rings. The van der Waals surface area contributed by atoms with Crippen molar-refractivity contribution in [1.82, 2.24) is 10.3 Å². The fourth-order valence-corrected chi connectivity index (χ4v) is 3.01. The van der Waals surface area contributed by atoms with Crippen LogP contribution in [0.15, 0.2) is 42.6 Å². The number of pyridine rings is 1. The number of hydrogen-bond acceptors (Lipinski definition) is 3. The number of hydrogen-bond donors (Lipinski definition) is 1. The van der Waals surface area contributed by atoms with Gasteiger partial charge in [0.05, 0.1) is 0 Å². The van der Waals surface area contributed by atoms with E-state index in [0.29, 0.717) is 18.0 Å². The van der Waals surface area contributed by atoms with Crippen LogP contribution in [0.1, 0.15) is 30.4 Å². The molecular weight excluding hydrogens is 322 g/mol. The van der Waals surface area contributed by atoms with E-state index in [1.807, 2.05) is 36.5 Å². The van der Waals surface area contributed by atoms with E-state index >= 15 is 0 Å². The summed E-state index contributed by atoms with van der Waals surface area (Å²) in [4.78, 5) is 18.8. The van der Waals surface area contributed by atoms with E-state index < -0.39 is 0 Å². The molecule has 3 rings (SSSR count). The number of nitrogens with zero attached hydrogens (tertiary/aromatic N) is 2. The van der Waals surface area contributed by atoms with Crippen LogP contribution in [0.25, 0.3) is 0 Å². The van der Waals surface area contributed by atoms with E-state index in [1.165, 1.54) is 12.8 Å². The average Bonchev–Trinajstić information content (AvgIpc) is 3.14. The average molecular weight is 344 g/mol. The third-order valence-electron chi connectivity index (χ3n) is 4.28. The van der Waals surface area contributed by atoms with Crippen LogP contribution in [-0.2, 0) is 17.8 Å². The van der Waals surface area contributed by atoms with Crippen molar-refractivity contribution in [1.29, 1.82) is 0 Å². The van der Waals surface area contributed by atoms with Crippen LogP contribution in [0.4, 0.5) is 5.82 Å². The first-order valence-corrected chi connectivity index (χ1v) is 8.79. The second-order valence-electron chi connectivity index (χ2n) is 6.12. The molecular formula is C19H22ClN3O. The zero-order chi connectivity index (χ0) is 16.8. The van der Waals surface area contributed by atoms with Crippen molar-refractivity contribution in [3.63, 3.8) is 0 Å². The van der Waals surface area contributed by atoms with E-state index in [1.54, 1.807) is 0 Å². The molecule has 1 aliphatic rings. The highest BCUT2D eigenvalue weighted by Crippen LogP contribution is 2.19. The summed E-state index contributed by atoms with van der Waals surface area (Å²) in [6.45, 7) is 2.70. The van der Waals surface area contributed by atoms with Crippen LogP contribution >= 0.6 is 11.6 Å². The van der Waals surface area contributed by atoms with Gasteiger partial charge in [-0.15, -0.1) is 0 Å². The Labute approximate surface area is 147 Å². The van der Waals surface area contributed by atoms with Gasteiger partial charge in [0.25, 0.3) is 0 Å². The maximum Gasteiger partial charge on any atom is 0.220 e. The van der Waals surface area contributed by atoms with Crippen LogP contribution in [0.3, 0.4) is 0 Å². The molecule has 24 heavy (non-hydrogen) atoms. The predicted octanol–water partition coefficient (Wildman–Crippen LogP) is 3.58. The lowest BCUT2D eigenvalue weighted by Gasteiger charge is -2.16. The molecule has 0 atom stereocenters. The molecule has 5 heteroatoms. The Morgan fingerprint density at radius 1 is 1.12 bits per heavy atom.